The predicted molar refractivity (Wildman–Crippen MR) is 116 cm³/mol. The molecule has 0 N–H and O–H groups in total. The molecule has 2 aliphatic heterocycles. The molecule has 1 saturated carbocycles. The van der Waals surface area contributed by atoms with Gasteiger partial charge in [-0.15, -0.1) is 0 Å². The summed E-state index contributed by atoms with van der Waals surface area (Å²) in [4.78, 5) is 19.0. The molecule has 6 nitrogen and oxygen atoms in total. The Hall–Kier alpha value is -1.54. The Morgan fingerprint density at radius 3 is 2.83 bits per heavy atom. The number of amides is 1. The Bertz CT molecular complexity index is 894. The molecule has 3 fully saturated rings. The molecule has 1 aromatic carbocycles. The van der Waals surface area contributed by atoms with Crippen LogP contribution in [0.3, 0.4) is 0 Å². The van der Waals surface area contributed by atoms with Gasteiger partial charge in [-0.2, -0.15) is 4.99 Å². The van der Waals surface area contributed by atoms with Crippen LogP contribution in [0.15, 0.2) is 29.3 Å². The molecule has 158 valence electrons. The highest BCUT2D eigenvalue weighted by molar-refractivity contribution is 8.15. The van der Waals surface area contributed by atoms with Crippen molar-refractivity contribution in [3.8, 4) is 5.75 Å². The summed E-state index contributed by atoms with van der Waals surface area (Å²) in [5.41, 5.74) is 1.01. The summed E-state index contributed by atoms with van der Waals surface area (Å²) in [5, 5.41) is 0.626. The van der Waals surface area contributed by atoms with Crippen molar-refractivity contribution in [1.82, 2.24) is 4.90 Å². The number of amidine groups is 1. The molecule has 0 aromatic heterocycles. The van der Waals surface area contributed by atoms with Crippen LogP contribution in [0, 0.1) is 5.92 Å². The SMILES string of the molecule is COc1cccc(CN2C(=NC(=O)CCC3CCCC3)S[C@H]3CS(=O)(=O)C[C@@H]32)c1. The number of hydrogen-bond acceptors (Lipinski definition) is 5. The van der Waals surface area contributed by atoms with E-state index in [1.54, 1.807) is 7.11 Å². The van der Waals surface area contributed by atoms with Crippen molar-refractivity contribution in [2.45, 2.75) is 56.4 Å². The van der Waals surface area contributed by atoms with Crippen molar-refractivity contribution in [2.24, 2.45) is 10.9 Å². The lowest BCUT2D eigenvalue weighted by atomic mass is 10.0. The second-order valence-electron chi connectivity index (χ2n) is 8.26. The van der Waals surface area contributed by atoms with Crippen molar-refractivity contribution >= 4 is 32.7 Å². The number of methoxy groups -OCH3 is 1. The molecule has 1 amide bonds. The molecule has 2 saturated heterocycles. The fourth-order valence-electron chi connectivity index (χ4n) is 4.58. The largest absolute Gasteiger partial charge is 0.497 e. The maximum absolute atomic E-state index is 12.5. The van der Waals surface area contributed by atoms with E-state index in [0.717, 1.165) is 17.7 Å². The summed E-state index contributed by atoms with van der Waals surface area (Å²) < 4.78 is 29.6. The fraction of sp³-hybridized carbons (Fsp3) is 0.619. The third-order valence-electron chi connectivity index (χ3n) is 6.12. The van der Waals surface area contributed by atoms with Crippen molar-refractivity contribution in [1.29, 1.82) is 0 Å². The van der Waals surface area contributed by atoms with Gasteiger partial charge in [0.1, 0.15) is 5.75 Å². The smallest absolute Gasteiger partial charge is 0.248 e. The van der Waals surface area contributed by atoms with Gasteiger partial charge in [0.05, 0.1) is 24.7 Å². The minimum atomic E-state index is -3.04. The van der Waals surface area contributed by atoms with Gasteiger partial charge in [-0.25, -0.2) is 8.42 Å². The highest BCUT2D eigenvalue weighted by atomic mass is 32.2. The van der Waals surface area contributed by atoms with Crippen LogP contribution in [-0.4, -0.2) is 54.3 Å². The molecule has 29 heavy (non-hydrogen) atoms. The molecule has 3 aliphatic rings. The molecular formula is C21H28N2O4S2. The van der Waals surface area contributed by atoms with E-state index in [1.165, 1.54) is 37.4 Å². The first-order valence-corrected chi connectivity index (χ1v) is 13.0. The maximum atomic E-state index is 12.5. The van der Waals surface area contributed by atoms with Crippen molar-refractivity contribution in [3.63, 3.8) is 0 Å². The predicted octanol–water partition coefficient (Wildman–Crippen LogP) is 3.26. The number of carbonyl (C=O) groups is 1. The van der Waals surface area contributed by atoms with E-state index >= 15 is 0 Å². The zero-order valence-electron chi connectivity index (χ0n) is 16.7. The summed E-state index contributed by atoms with van der Waals surface area (Å²) in [5.74, 6) is 1.62. The van der Waals surface area contributed by atoms with Crippen LogP contribution < -0.4 is 4.74 Å². The standard InChI is InChI=1S/C21H28N2O4S2/c1-27-17-8-4-7-16(11-17)12-23-18-13-29(25,26)14-19(18)28-21(23)22-20(24)10-9-15-5-2-3-6-15/h4,7-8,11,15,18-19H,2-3,5-6,9-10,12-14H2,1H3/t18-,19-/m0/s1. The number of nitrogens with zero attached hydrogens (tertiary/aromatic N) is 2. The summed E-state index contributed by atoms with van der Waals surface area (Å²) >= 11 is 1.45. The number of aliphatic imine (C=N–C) groups is 1. The molecule has 8 heteroatoms. The van der Waals surface area contributed by atoms with Crippen LogP contribution in [-0.2, 0) is 21.2 Å². The van der Waals surface area contributed by atoms with Crippen LogP contribution in [0.1, 0.15) is 44.1 Å². The number of fused-ring (bicyclic) bond motifs is 1. The molecule has 0 radical (unpaired) electrons. The number of carbonyl (C=O) groups excluding carboxylic acids is 1. The number of sulfone groups is 1. The molecule has 1 aliphatic carbocycles. The average Bonchev–Trinajstić information content (AvgIpc) is 3.37. The zero-order chi connectivity index (χ0) is 20.4. The lowest BCUT2D eigenvalue weighted by Crippen LogP contribution is -2.37. The Morgan fingerprint density at radius 2 is 2.07 bits per heavy atom. The fourth-order valence-corrected chi connectivity index (χ4v) is 8.55. The van der Waals surface area contributed by atoms with Gasteiger partial charge in [0.2, 0.25) is 5.91 Å². The van der Waals surface area contributed by atoms with Gasteiger partial charge in [0.15, 0.2) is 15.0 Å². The van der Waals surface area contributed by atoms with E-state index in [-0.39, 0.29) is 28.7 Å². The quantitative estimate of drug-likeness (QED) is 0.681. The van der Waals surface area contributed by atoms with Crippen molar-refractivity contribution in [2.75, 3.05) is 18.6 Å². The molecule has 1 aromatic rings. The van der Waals surface area contributed by atoms with E-state index in [4.69, 9.17) is 4.74 Å². The Labute approximate surface area is 177 Å². The Kier molecular flexibility index (Phi) is 6.20. The van der Waals surface area contributed by atoms with E-state index in [0.29, 0.717) is 24.1 Å². The summed E-state index contributed by atoms with van der Waals surface area (Å²) in [6, 6.07) is 7.61. The highest BCUT2D eigenvalue weighted by Crippen LogP contribution is 2.39. The summed E-state index contributed by atoms with van der Waals surface area (Å²) in [6.45, 7) is 0.523. The normalized spacial score (nSPS) is 27.5. The minimum Gasteiger partial charge on any atom is -0.497 e. The van der Waals surface area contributed by atoms with Gasteiger partial charge in [0.25, 0.3) is 0 Å². The Morgan fingerprint density at radius 1 is 1.28 bits per heavy atom. The first-order valence-electron chi connectivity index (χ1n) is 10.3. The van der Waals surface area contributed by atoms with Crippen LogP contribution in [0.2, 0.25) is 0 Å². The van der Waals surface area contributed by atoms with Crippen LogP contribution in [0.4, 0.5) is 0 Å². The van der Waals surface area contributed by atoms with Crippen LogP contribution >= 0.6 is 11.8 Å². The number of ether oxygens (including phenoxy) is 1. The van der Waals surface area contributed by atoms with Gasteiger partial charge in [-0.1, -0.05) is 49.6 Å². The third-order valence-corrected chi connectivity index (χ3v) is 9.37. The Balaban J connectivity index is 1.50. The van der Waals surface area contributed by atoms with Crippen molar-refractivity contribution < 1.29 is 17.9 Å². The third kappa shape index (κ3) is 4.97. The number of benzene rings is 1. The maximum Gasteiger partial charge on any atom is 0.248 e. The summed E-state index contributed by atoms with van der Waals surface area (Å²) in [6.07, 6.45) is 6.39. The lowest BCUT2D eigenvalue weighted by Gasteiger charge is -2.24. The molecular weight excluding hydrogens is 408 g/mol. The van der Waals surface area contributed by atoms with E-state index in [9.17, 15) is 13.2 Å². The minimum absolute atomic E-state index is 0.0491. The molecule has 2 heterocycles. The molecule has 2 atom stereocenters. The number of hydrogen-bond donors (Lipinski definition) is 0. The molecule has 4 rings (SSSR count). The van der Waals surface area contributed by atoms with Gasteiger partial charge in [-0.3, -0.25) is 4.79 Å². The van der Waals surface area contributed by atoms with Gasteiger partial charge in [0, 0.05) is 18.2 Å². The van der Waals surface area contributed by atoms with E-state index in [1.807, 2.05) is 29.2 Å². The molecule has 0 spiro atoms. The van der Waals surface area contributed by atoms with Crippen LogP contribution in [0.25, 0.3) is 0 Å². The monoisotopic (exact) mass is 436 g/mol. The zero-order valence-corrected chi connectivity index (χ0v) is 18.4. The number of thioether (sulfide) groups is 1. The first kappa shape index (κ1) is 20.7. The lowest BCUT2D eigenvalue weighted by molar-refractivity contribution is -0.118. The highest BCUT2D eigenvalue weighted by Gasteiger charge is 2.48. The van der Waals surface area contributed by atoms with Gasteiger partial charge < -0.3 is 9.64 Å². The van der Waals surface area contributed by atoms with E-state index in [2.05, 4.69) is 4.99 Å². The summed E-state index contributed by atoms with van der Waals surface area (Å²) in [7, 11) is -1.42. The molecule has 0 bridgehead atoms. The average molecular weight is 437 g/mol. The van der Waals surface area contributed by atoms with Gasteiger partial charge >= 0.3 is 0 Å². The topological polar surface area (TPSA) is 76.0 Å². The van der Waals surface area contributed by atoms with E-state index < -0.39 is 9.84 Å². The number of rotatable bonds is 6. The van der Waals surface area contributed by atoms with Crippen LogP contribution in [0.5, 0.6) is 5.75 Å². The first-order chi connectivity index (χ1) is 13.9. The van der Waals surface area contributed by atoms with Gasteiger partial charge in [-0.05, 0) is 30.0 Å². The van der Waals surface area contributed by atoms with Crippen molar-refractivity contribution in [3.05, 3.63) is 29.8 Å². The second-order valence-corrected chi connectivity index (χ2v) is 11.6. The second kappa shape index (κ2) is 8.68. The molecule has 0 unspecified atom stereocenters.